The van der Waals surface area contributed by atoms with Crippen LogP contribution in [-0.4, -0.2) is 73.5 Å². The first kappa shape index (κ1) is 24.6. The number of esters is 3. The summed E-state index contributed by atoms with van der Waals surface area (Å²) in [7, 11) is 0. The summed E-state index contributed by atoms with van der Waals surface area (Å²) < 4.78 is 23.9. The van der Waals surface area contributed by atoms with E-state index >= 15 is 0 Å². The highest BCUT2D eigenvalue weighted by Crippen LogP contribution is 2.39. The summed E-state index contributed by atoms with van der Waals surface area (Å²) in [6.07, 6.45) is 2.15. The van der Waals surface area contributed by atoms with Crippen molar-refractivity contribution in [3.8, 4) is 5.88 Å². The summed E-state index contributed by atoms with van der Waals surface area (Å²) in [5, 5.41) is 13.7. The highest BCUT2D eigenvalue weighted by molar-refractivity contribution is 5.79. The molecule has 2 aliphatic rings. The van der Waals surface area contributed by atoms with Crippen LogP contribution < -0.4 is 5.32 Å². The van der Waals surface area contributed by atoms with E-state index in [4.69, 9.17) is 18.9 Å². The van der Waals surface area contributed by atoms with Gasteiger partial charge in [0.2, 0.25) is 11.8 Å². The van der Waals surface area contributed by atoms with Gasteiger partial charge < -0.3 is 29.4 Å². The van der Waals surface area contributed by atoms with Gasteiger partial charge in [0.1, 0.15) is 19.0 Å². The Balaban J connectivity index is 1.78. The van der Waals surface area contributed by atoms with Gasteiger partial charge in [-0.15, -0.1) is 0 Å². The maximum absolute atomic E-state index is 12.0. The third-order valence-corrected chi connectivity index (χ3v) is 5.99. The molecule has 2 fully saturated rings. The van der Waals surface area contributed by atoms with E-state index in [-0.39, 0.29) is 29.7 Å². The van der Waals surface area contributed by atoms with Gasteiger partial charge in [-0.2, -0.15) is 4.98 Å². The highest BCUT2D eigenvalue weighted by Gasteiger charge is 2.51. The molecule has 190 valence electrons. The molecule has 0 spiro atoms. The summed E-state index contributed by atoms with van der Waals surface area (Å²) >= 11 is 0. The molecule has 1 aliphatic carbocycles. The summed E-state index contributed by atoms with van der Waals surface area (Å²) in [6.45, 7) is 3.45. The number of hydrogen-bond donors (Lipinski definition) is 2. The standard InChI is InChI=1S/C22H29N5O8/c1-11(28)32-9-15-17(33-12(2)29)18(34-13(3)30)21(35-15)27-19-16(20(31)24-10-23-19)26-22(27)25-14-7-5-4-6-8-14/h10,14-15,17-18,21H,4-9H2,1-3H3,(H,25,26)(H,23,24,31)/t15-,17-,18-,21-/m1/s1. The minimum absolute atomic E-state index is 0.128. The molecule has 2 N–H and O–H groups in total. The number of anilines is 1. The molecule has 2 aromatic heterocycles. The Kier molecular flexibility index (Phi) is 7.34. The van der Waals surface area contributed by atoms with Crippen molar-refractivity contribution < 1.29 is 38.4 Å². The van der Waals surface area contributed by atoms with Crippen LogP contribution in [0.5, 0.6) is 5.88 Å². The van der Waals surface area contributed by atoms with E-state index in [0.29, 0.717) is 5.95 Å². The van der Waals surface area contributed by atoms with Crippen LogP contribution in [-0.2, 0) is 33.3 Å². The lowest BCUT2D eigenvalue weighted by Crippen LogP contribution is -2.40. The normalized spacial score (nSPS) is 24.8. The molecule has 13 heteroatoms. The number of imidazole rings is 1. The van der Waals surface area contributed by atoms with Crippen molar-refractivity contribution in [1.82, 2.24) is 19.5 Å². The zero-order valence-electron chi connectivity index (χ0n) is 19.8. The van der Waals surface area contributed by atoms with Gasteiger partial charge in [-0.3, -0.25) is 19.0 Å². The number of fused-ring (bicyclic) bond motifs is 1. The third-order valence-electron chi connectivity index (χ3n) is 5.99. The number of carbonyl (C=O) groups is 3. The number of nitrogens with one attached hydrogen (secondary N) is 1. The van der Waals surface area contributed by atoms with Crippen molar-refractivity contribution in [2.45, 2.75) is 83.5 Å². The fourth-order valence-electron chi connectivity index (χ4n) is 4.57. The van der Waals surface area contributed by atoms with Crippen molar-refractivity contribution in [2.24, 2.45) is 0 Å². The summed E-state index contributed by atoms with van der Waals surface area (Å²) in [5.74, 6) is -1.79. The lowest BCUT2D eigenvalue weighted by Gasteiger charge is -2.27. The molecule has 0 radical (unpaired) electrons. The van der Waals surface area contributed by atoms with Crippen molar-refractivity contribution >= 4 is 35.0 Å². The second-order valence-electron chi connectivity index (χ2n) is 8.67. The molecule has 1 saturated heterocycles. The van der Waals surface area contributed by atoms with Crippen molar-refractivity contribution in [3.63, 3.8) is 0 Å². The van der Waals surface area contributed by atoms with E-state index in [1.807, 2.05) is 0 Å². The summed E-state index contributed by atoms with van der Waals surface area (Å²) in [6, 6.07) is 0.129. The molecule has 2 aromatic rings. The molecule has 0 aromatic carbocycles. The molecular formula is C22H29N5O8. The first-order valence-corrected chi connectivity index (χ1v) is 11.6. The van der Waals surface area contributed by atoms with Gasteiger partial charge in [0.25, 0.3) is 0 Å². The SMILES string of the molecule is CC(=O)OC[C@H]1O[C@@H](n2c(NC3CCCCC3)nc3c(O)ncnc32)[C@H](OC(C)=O)[C@@H]1OC(C)=O. The Morgan fingerprint density at radius 2 is 1.74 bits per heavy atom. The van der Waals surface area contributed by atoms with Gasteiger partial charge in [-0.1, -0.05) is 19.3 Å². The van der Waals surface area contributed by atoms with Gasteiger partial charge in [0, 0.05) is 26.8 Å². The fraction of sp³-hybridized carbons (Fsp3) is 0.636. The van der Waals surface area contributed by atoms with Gasteiger partial charge >= 0.3 is 17.9 Å². The van der Waals surface area contributed by atoms with Gasteiger partial charge in [-0.05, 0) is 12.8 Å². The maximum Gasteiger partial charge on any atom is 0.303 e. The molecule has 35 heavy (non-hydrogen) atoms. The molecule has 4 atom stereocenters. The van der Waals surface area contributed by atoms with Crippen molar-refractivity contribution in [1.29, 1.82) is 0 Å². The van der Waals surface area contributed by atoms with Crippen LogP contribution in [0, 0.1) is 0 Å². The predicted octanol–water partition coefficient (Wildman–Crippen LogP) is 1.60. The van der Waals surface area contributed by atoms with Crippen LogP contribution in [0.1, 0.15) is 59.1 Å². The molecule has 1 aliphatic heterocycles. The Hall–Kier alpha value is -3.48. The Bertz CT molecular complexity index is 1100. The number of nitrogens with zero attached hydrogens (tertiary/aromatic N) is 4. The Morgan fingerprint density at radius 1 is 1.06 bits per heavy atom. The molecule has 13 nitrogen and oxygen atoms in total. The average molecular weight is 492 g/mol. The highest BCUT2D eigenvalue weighted by atomic mass is 16.7. The molecule has 0 amide bonds. The molecule has 1 saturated carbocycles. The second kappa shape index (κ2) is 10.4. The molecule has 3 heterocycles. The van der Waals surface area contributed by atoms with Crippen molar-refractivity contribution in [3.05, 3.63) is 6.33 Å². The van der Waals surface area contributed by atoms with Gasteiger partial charge in [0.05, 0.1) is 0 Å². The quantitative estimate of drug-likeness (QED) is 0.425. The van der Waals surface area contributed by atoms with Crippen LogP contribution >= 0.6 is 0 Å². The van der Waals surface area contributed by atoms with Crippen LogP contribution in [0.3, 0.4) is 0 Å². The van der Waals surface area contributed by atoms with Crippen LogP contribution in [0.2, 0.25) is 0 Å². The van der Waals surface area contributed by atoms with Crippen LogP contribution in [0.25, 0.3) is 11.2 Å². The first-order valence-electron chi connectivity index (χ1n) is 11.6. The Labute approximate surface area is 201 Å². The average Bonchev–Trinajstić information content (AvgIpc) is 3.31. The van der Waals surface area contributed by atoms with Gasteiger partial charge in [0.15, 0.2) is 29.6 Å². The number of hydrogen-bond acceptors (Lipinski definition) is 12. The zero-order valence-corrected chi connectivity index (χ0v) is 19.8. The van der Waals surface area contributed by atoms with E-state index in [1.165, 1.54) is 27.1 Å². The fourth-order valence-corrected chi connectivity index (χ4v) is 4.57. The molecular weight excluding hydrogens is 462 g/mol. The number of rotatable bonds is 7. The minimum Gasteiger partial charge on any atom is -0.492 e. The smallest absolute Gasteiger partial charge is 0.303 e. The lowest BCUT2D eigenvalue weighted by atomic mass is 9.96. The number of ether oxygens (including phenoxy) is 4. The van der Waals surface area contributed by atoms with E-state index in [2.05, 4.69) is 20.3 Å². The Morgan fingerprint density at radius 3 is 2.40 bits per heavy atom. The third kappa shape index (κ3) is 5.45. The number of aromatic nitrogens is 4. The second-order valence-corrected chi connectivity index (χ2v) is 8.67. The van der Waals surface area contributed by atoms with E-state index in [1.54, 1.807) is 4.57 Å². The van der Waals surface area contributed by atoms with E-state index in [0.717, 1.165) is 32.1 Å². The maximum atomic E-state index is 12.0. The monoisotopic (exact) mass is 491 g/mol. The van der Waals surface area contributed by atoms with E-state index < -0.39 is 42.4 Å². The molecule has 0 unspecified atom stereocenters. The largest absolute Gasteiger partial charge is 0.492 e. The number of aromatic hydroxyl groups is 1. The lowest BCUT2D eigenvalue weighted by molar-refractivity contribution is -0.166. The van der Waals surface area contributed by atoms with Crippen LogP contribution in [0.4, 0.5) is 5.95 Å². The van der Waals surface area contributed by atoms with Crippen molar-refractivity contribution in [2.75, 3.05) is 11.9 Å². The van der Waals surface area contributed by atoms with Gasteiger partial charge in [-0.25, -0.2) is 9.97 Å². The summed E-state index contributed by atoms with van der Waals surface area (Å²) in [5.41, 5.74) is 0.358. The predicted molar refractivity (Wildman–Crippen MR) is 119 cm³/mol. The zero-order chi connectivity index (χ0) is 25.1. The first-order chi connectivity index (χ1) is 16.7. The minimum atomic E-state index is -1.11. The molecule has 4 rings (SSSR count). The van der Waals surface area contributed by atoms with Crippen LogP contribution in [0.15, 0.2) is 6.33 Å². The molecule has 0 bridgehead atoms. The number of carbonyl (C=O) groups excluding carboxylic acids is 3. The topological polar surface area (TPSA) is 164 Å². The summed E-state index contributed by atoms with van der Waals surface area (Å²) in [4.78, 5) is 48.0. The van der Waals surface area contributed by atoms with E-state index in [9.17, 15) is 19.5 Å².